The molecule has 0 bridgehead atoms. The van der Waals surface area contributed by atoms with Crippen LogP contribution in [-0.2, 0) is 26.5 Å². The molecule has 4 aromatic carbocycles. The maximum atomic E-state index is 14.7. The zero-order valence-electron chi connectivity index (χ0n) is 26.2. The highest BCUT2D eigenvalue weighted by Gasteiger charge is 2.66. The van der Waals surface area contributed by atoms with E-state index < -0.39 is 13.7 Å². The van der Waals surface area contributed by atoms with Crippen LogP contribution >= 0.6 is 0 Å². The van der Waals surface area contributed by atoms with Gasteiger partial charge in [-0.15, -0.1) is 0 Å². The summed E-state index contributed by atoms with van der Waals surface area (Å²) in [7, 11) is -0.564. The monoisotopic (exact) mass is 620 g/mol. The smallest absolute Gasteiger partial charge is 0.264 e. The third kappa shape index (κ3) is 5.16. The first kappa shape index (κ1) is 30.8. The average molecular weight is 621 g/mol. The first-order chi connectivity index (χ1) is 21.8. The van der Waals surface area contributed by atoms with E-state index in [1.807, 2.05) is 95.9 Å². The first-order valence-electron chi connectivity index (χ1n) is 15.5. The highest BCUT2D eigenvalue weighted by molar-refractivity contribution is 6.91. The molecule has 1 fully saturated rings. The Kier molecular flexibility index (Phi) is 8.39. The SMILES string of the molecule is COc1ccc([Si](C)(C)[C@@H]2[C@@H](CCO)O[C@]3(C(=O)N(Cc4ccc(N(C=O)c5ccccc5)cc4)c4ccccc43)[C@H]2C)cc1. The minimum atomic E-state index is -2.23. The molecule has 7 nitrogen and oxygen atoms in total. The highest BCUT2D eigenvalue weighted by Crippen LogP contribution is 2.60. The number of ether oxygens (including phenoxy) is 2. The van der Waals surface area contributed by atoms with Gasteiger partial charge in [0.25, 0.3) is 5.91 Å². The van der Waals surface area contributed by atoms with E-state index in [-0.39, 0.29) is 30.1 Å². The number of para-hydroxylation sites is 2. The number of fused-ring (bicyclic) bond motifs is 2. The Balaban J connectivity index is 1.33. The number of hydrogen-bond acceptors (Lipinski definition) is 5. The normalized spacial score (nSPS) is 22.5. The summed E-state index contributed by atoms with van der Waals surface area (Å²) < 4.78 is 12.4. The predicted molar refractivity (Wildman–Crippen MR) is 180 cm³/mol. The molecular weight excluding hydrogens is 581 g/mol. The largest absolute Gasteiger partial charge is 0.497 e. The summed E-state index contributed by atoms with van der Waals surface area (Å²) in [5.41, 5.74) is 3.16. The van der Waals surface area contributed by atoms with Crippen molar-refractivity contribution in [2.24, 2.45) is 5.92 Å². The first-order valence-corrected chi connectivity index (χ1v) is 18.6. The van der Waals surface area contributed by atoms with Crippen LogP contribution < -0.4 is 19.7 Å². The van der Waals surface area contributed by atoms with E-state index in [4.69, 9.17) is 9.47 Å². The highest BCUT2D eigenvalue weighted by atomic mass is 28.3. The molecule has 4 aromatic rings. The van der Waals surface area contributed by atoms with Gasteiger partial charge in [-0.1, -0.05) is 85.9 Å². The molecule has 0 unspecified atom stereocenters. The summed E-state index contributed by atoms with van der Waals surface area (Å²) in [6.45, 7) is 7.19. The lowest BCUT2D eigenvalue weighted by molar-refractivity contribution is -0.146. The molecule has 2 amide bonds. The molecular formula is C37H40N2O5Si. The molecule has 232 valence electrons. The maximum Gasteiger partial charge on any atom is 0.264 e. The number of aliphatic hydroxyl groups is 1. The molecule has 1 spiro atoms. The summed E-state index contributed by atoms with van der Waals surface area (Å²) in [6, 6.07) is 33.5. The van der Waals surface area contributed by atoms with E-state index >= 15 is 0 Å². The Labute approximate surface area is 266 Å². The van der Waals surface area contributed by atoms with Gasteiger partial charge < -0.3 is 19.5 Å². The summed E-state index contributed by atoms with van der Waals surface area (Å²) in [5.74, 6) is 0.625. The number of carbonyl (C=O) groups excluding carboxylic acids is 2. The van der Waals surface area contributed by atoms with Crippen molar-refractivity contribution in [1.29, 1.82) is 0 Å². The van der Waals surface area contributed by atoms with Crippen molar-refractivity contribution in [3.8, 4) is 5.75 Å². The number of aliphatic hydroxyl groups excluding tert-OH is 1. The number of carbonyl (C=O) groups is 2. The molecule has 0 aromatic heterocycles. The molecule has 0 saturated carbocycles. The van der Waals surface area contributed by atoms with E-state index in [2.05, 4.69) is 32.2 Å². The second-order valence-corrected chi connectivity index (χ2v) is 17.2. The van der Waals surface area contributed by atoms with Gasteiger partial charge in [0.05, 0.1) is 33.5 Å². The van der Waals surface area contributed by atoms with E-state index in [0.717, 1.165) is 40.3 Å². The second-order valence-electron chi connectivity index (χ2n) is 12.6. The number of benzene rings is 4. The Hall–Kier alpha value is -4.24. The van der Waals surface area contributed by atoms with Crippen molar-refractivity contribution < 1.29 is 24.2 Å². The number of nitrogens with zero attached hydrogens (tertiary/aromatic N) is 2. The summed E-state index contributed by atoms with van der Waals surface area (Å²) in [6.07, 6.45) is 1.01. The van der Waals surface area contributed by atoms with Crippen LogP contribution in [0, 0.1) is 5.92 Å². The van der Waals surface area contributed by atoms with Gasteiger partial charge in [-0.25, -0.2) is 0 Å². The molecule has 8 heteroatoms. The molecule has 1 N–H and O–H groups in total. The third-order valence-corrected chi connectivity index (χ3v) is 14.2. The van der Waals surface area contributed by atoms with Crippen LogP contribution in [0.4, 0.5) is 17.1 Å². The standard InChI is InChI=1S/C37H40N2O5Si/c1-26-35(45(3,4)31-20-18-30(43-2)19-21-31)34(22-23-40)44-37(26)32-12-8-9-13-33(32)38(36(37)42)24-27-14-16-29(17-15-27)39(25-41)28-10-6-5-7-11-28/h5-21,25-26,34-35,40H,22-24H2,1-4H3/t26-,34+,35-,37+/m0/s1. The van der Waals surface area contributed by atoms with E-state index in [9.17, 15) is 14.7 Å². The van der Waals surface area contributed by atoms with Gasteiger partial charge in [0.2, 0.25) is 6.41 Å². The number of hydrogen-bond donors (Lipinski definition) is 1. The lowest BCUT2D eigenvalue weighted by atomic mass is 9.82. The van der Waals surface area contributed by atoms with Gasteiger partial charge >= 0.3 is 0 Å². The van der Waals surface area contributed by atoms with Crippen molar-refractivity contribution in [2.75, 3.05) is 23.5 Å². The fourth-order valence-corrected chi connectivity index (χ4v) is 11.7. The van der Waals surface area contributed by atoms with Gasteiger partial charge in [-0.2, -0.15) is 0 Å². The van der Waals surface area contributed by atoms with E-state index in [1.165, 1.54) is 5.19 Å². The molecule has 2 aliphatic heterocycles. The van der Waals surface area contributed by atoms with Gasteiger partial charge in [0.1, 0.15) is 5.75 Å². The Morgan fingerprint density at radius 2 is 1.58 bits per heavy atom. The van der Waals surface area contributed by atoms with E-state index in [0.29, 0.717) is 13.0 Å². The van der Waals surface area contributed by atoms with Crippen molar-refractivity contribution in [2.45, 2.75) is 50.2 Å². The number of methoxy groups -OCH3 is 1. The maximum absolute atomic E-state index is 14.7. The second kappa shape index (κ2) is 12.3. The summed E-state index contributed by atoms with van der Waals surface area (Å²) >= 11 is 0. The zero-order chi connectivity index (χ0) is 31.8. The van der Waals surface area contributed by atoms with Crippen LogP contribution in [-0.4, -0.2) is 45.3 Å². The van der Waals surface area contributed by atoms with Crippen LogP contribution in [0.5, 0.6) is 5.75 Å². The molecule has 2 heterocycles. The zero-order valence-corrected chi connectivity index (χ0v) is 27.2. The van der Waals surface area contributed by atoms with Crippen molar-refractivity contribution >= 4 is 42.6 Å². The van der Waals surface area contributed by atoms with E-state index in [1.54, 1.807) is 12.0 Å². The van der Waals surface area contributed by atoms with Crippen LogP contribution in [0.25, 0.3) is 0 Å². The topological polar surface area (TPSA) is 79.3 Å². The quantitative estimate of drug-likeness (QED) is 0.170. The minimum Gasteiger partial charge on any atom is -0.497 e. The lowest BCUT2D eigenvalue weighted by Gasteiger charge is -2.37. The minimum absolute atomic E-state index is 0.0102. The summed E-state index contributed by atoms with van der Waals surface area (Å²) in [4.78, 5) is 30.1. The number of amides is 2. The predicted octanol–water partition coefficient (Wildman–Crippen LogP) is 6.13. The molecule has 0 aliphatic carbocycles. The van der Waals surface area contributed by atoms with Crippen LogP contribution in [0.3, 0.4) is 0 Å². The van der Waals surface area contributed by atoms with Crippen molar-refractivity contribution in [3.63, 3.8) is 0 Å². The fraction of sp³-hybridized carbons (Fsp3) is 0.297. The van der Waals surface area contributed by atoms with Gasteiger partial charge in [0, 0.05) is 29.5 Å². The molecule has 4 atom stereocenters. The van der Waals surface area contributed by atoms with Gasteiger partial charge in [-0.3, -0.25) is 14.5 Å². The van der Waals surface area contributed by atoms with Gasteiger partial charge in [-0.05, 0) is 60.0 Å². The Bertz CT molecular complexity index is 1660. The third-order valence-electron chi connectivity index (χ3n) is 9.85. The van der Waals surface area contributed by atoms with Crippen molar-refractivity contribution in [3.05, 3.63) is 114 Å². The molecule has 45 heavy (non-hydrogen) atoms. The molecule has 1 saturated heterocycles. The molecule has 0 radical (unpaired) electrons. The van der Waals surface area contributed by atoms with Crippen LogP contribution in [0.15, 0.2) is 103 Å². The number of anilines is 3. The Morgan fingerprint density at radius 1 is 0.933 bits per heavy atom. The fourth-order valence-electron chi connectivity index (χ4n) is 7.63. The average Bonchev–Trinajstić information content (AvgIpc) is 3.49. The summed E-state index contributed by atoms with van der Waals surface area (Å²) in [5, 5.41) is 11.4. The number of rotatable bonds is 10. The molecule has 2 aliphatic rings. The van der Waals surface area contributed by atoms with Crippen LogP contribution in [0.1, 0.15) is 24.5 Å². The van der Waals surface area contributed by atoms with Crippen molar-refractivity contribution in [1.82, 2.24) is 0 Å². The lowest BCUT2D eigenvalue weighted by Crippen LogP contribution is -2.51. The van der Waals surface area contributed by atoms with Crippen LogP contribution in [0.2, 0.25) is 18.6 Å². The molecule has 6 rings (SSSR count). The Morgan fingerprint density at radius 3 is 2.22 bits per heavy atom. The van der Waals surface area contributed by atoms with Gasteiger partial charge in [0.15, 0.2) is 5.60 Å².